The van der Waals surface area contributed by atoms with Gasteiger partial charge in [-0.1, -0.05) is 41.4 Å². The van der Waals surface area contributed by atoms with E-state index < -0.39 is 22.8 Å². The summed E-state index contributed by atoms with van der Waals surface area (Å²) in [6.07, 6.45) is 1.38. The first-order valence-corrected chi connectivity index (χ1v) is 13.5. The summed E-state index contributed by atoms with van der Waals surface area (Å²) >= 11 is 12.2. The summed E-state index contributed by atoms with van der Waals surface area (Å²) in [6, 6.07) is 11.3. The van der Waals surface area contributed by atoms with Gasteiger partial charge >= 0.3 is 11.9 Å². The molecule has 3 rings (SSSR count). The Bertz CT molecular complexity index is 1330. The molecule has 12 heteroatoms. The van der Waals surface area contributed by atoms with E-state index in [0.717, 1.165) is 18.7 Å². The van der Waals surface area contributed by atoms with Gasteiger partial charge in [-0.05, 0) is 50.9 Å². The van der Waals surface area contributed by atoms with E-state index in [1.54, 1.807) is 26.0 Å². The summed E-state index contributed by atoms with van der Waals surface area (Å²) in [4.78, 5) is 36.9. The number of anilines is 1. The second kappa shape index (κ2) is 14.7. The topological polar surface area (TPSA) is 132 Å². The minimum Gasteiger partial charge on any atom is -0.466 e. The summed E-state index contributed by atoms with van der Waals surface area (Å²) in [6.45, 7) is 5.64. The number of nitrogens with zero attached hydrogens (tertiary/aromatic N) is 1. The number of dihydropyridines is 1. The molecular formula is C28H32Cl2N4O6. The number of nitro benzene ring substituents is 1. The standard InChI is InChI=1S/C28H32Cl2N4O6/c1-17-23(27(35)39-3)25(19-8-6-9-20(16-19)34(37)38)24(18(2)33-17)28(36)40-15-5-4-12-31-13-14-32-22-11-7-10-21(29)26(22)30/h6-11,16,25,31-33H,4-5,12-15H2,1-3H3. The van der Waals surface area contributed by atoms with Crippen molar-refractivity contribution < 1.29 is 24.0 Å². The average Bonchev–Trinajstić information content (AvgIpc) is 2.93. The Morgan fingerprint density at radius 3 is 2.40 bits per heavy atom. The van der Waals surface area contributed by atoms with Crippen LogP contribution in [0.3, 0.4) is 0 Å². The third kappa shape index (κ3) is 7.74. The van der Waals surface area contributed by atoms with E-state index in [2.05, 4.69) is 16.0 Å². The maximum absolute atomic E-state index is 13.3. The lowest BCUT2D eigenvalue weighted by atomic mass is 9.80. The Balaban J connectivity index is 1.56. The fourth-order valence-corrected chi connectivity index (χ4v) is 4.81. The lowest BCUT2D eigenvalue weighted by Gasteiger charge is -2.30. The molecule has 1 heterocycles. The van der Waals surface area contributed by atoms with Gasteiger partial charge in [0.15, 0.2) is 0 Å². The molecule has 40 heavy (non-hydrogen) atoms. The number of methoxy groups -OCH3 is 1. The van der Waals surface area contributed by atoms with Crippen molar-refractivity contribution in [3.05, 3.63) is 90.7 Å². The maximum atomic E-state index is 13.3. The average molecular weight is 591 g/mol. The minimum atomic E-state index is -0.886. The molecular weight excluding hydrogens is 559 g/mol. The SMILES string of the molecule is COC(=O)C1=C(C)NC(C)=C(C(=O)OCCCCNCCNc2cccc(Cl)c2Cl)C1c1cccc([N+](=O)[O-])c1. The van der Waals surface area contributed by atoms with Crippen molar-refractivity contribution in [1.82, 2.24) is 10.6 Å². The second-order valence-electron chi connectivity index (χ2n) is 9.10. The van der Waals surface area contributed by atoms with E-state index >= 15 is 0 Å². The number of allylic oxidation sites excluding steroid dienone is 2. The third-order valence-electron chi connectivity index (χ3n) is 6.35. The molecule has 1 aliphatic heterocycles. The first-order valence-electron chi connectivity index (χ1n) is 12.7. The number of benzene rings is 2. The number of rotatable bonds is 13. The Morgan fingerprint density at radius 2 is 1.70 bits per heavy atom. The monoisotopic (exact) mass is 590 g/mol. The van der Waals surface area contributed by atoms with Crippen molar-refractivity contribution in [3.8, 4) is 0 Å². The van der Waals surface area contributed by atoms with Gasteiger partial charge in [0, 0.05) is 36.6 Å². The fourth-order valence-electron chi connectivity index (χ4n) is 4.44. The highest BCUT2D eigenvalue weighted by molar-refractivity contribution is 6.43. The van der Waals surface area contributed by atoms with Crippen molar-refractivity contribution in [3.63, 3.8) is 0 Å². The van der Waals surface area contributed by atoms with Crippen LogP contribution in [-0.2, 0) is 19.1 Å². The van der Waals surface area contributed by atoms with Crippen LogP contribution < -0.4 is 16.0 Å². The smallest absolute Gasteiger partial charge is 0.336 e. The molecule has 0 radical (unpaired) electrons. The number of ether oxygens (including phenoxy) is 2. The number of unbranched alkanes of at least 4 members (excludes halogenated alkanes) is 1. The second-order valence-corrected chi connectivity index (χ2v) is 9.89. The Kier molecular flexibility index (Phi) is 11.4. The molecule has 214 valence electrons. The molecule has 0 fully saturated rings. The molecule has 0 aromatic heterocycles. The van der Waals surface area contributed by atoms with Crippen LogP contribution in [-0.4, -0.2) is 50.2 Å². The van der Waals surface area contributed by atoms with Crippen molar-refractivity contribution in [2.24, 2.45) is 0 Å². The van der Waals surface area contributed by atoms with E-state index in [4.69, 9.17) is 32.7 Å². The predicted molar refractivity (Wildman–Crippen MR) is 154 cm³/mol. The zero-order valence-electron chi connectivity index (χ0n) is 22.5. The van der Waals surface area contributed by atoms with Gasteiger partial charge < -0.3 is 25.4 Å². The van der Waals surface area contributed by atoms with Gasteiger partial charge in [-0.15, -0.1) is 0 Å². The molecule has 0 bridgehead atoms. The van der Waals surface area contributed by atoms with Gasteiger partial charge in [-0.3, -0.25) is 10.1 Å². The Morgan fingerprint density at radius 1 is 1.00 bits per heavy atom. The number of carbonyl (C=O) groups is 2. The quantitative estimate of drug-likeness (QED) is 0.122. The summed E-state index contributed by atoms with van der Waals surface area (Å²) < 4.78 is 10.5. The number of non-ortho nitro benzene ring substituents is 1. The maximum Gasteiger partial charge on any atom is 0.336 e. The third-order valence-corrected chi connectivity index (χ3v) is 7.17. The van der Waals surface area contributed by atoms with Crippen LogP contribution in [0.5, 0.6) is 0 Å². The highest BCUT2D eigenvalue weighted by atomic mass is 35.5. The van der Waals surface area contributed by atoms with Crippen molar-refractivity contribution in [2.75, 3.05) is 38.7 Å². The highest BCUT2D eigenvalue weighted by Gasteiger charge is 2.38. The van der Waals surface area contributed by atoms with Crippen molar-refractivity contribution in [2.45, 2.75) is 32.6 Å². The largest absolute Gasteiger partial charge is 0.466 e. The predicted octanol–water partition coefficient (Wildman–Crippen LogP) is 5.33. The molecule has 1 unspecified atom stereocenters. The first-order chi connectivity index (χ1) is 19.1. The molecule has 1 aliphatic rings. The molecule has 0 saturated heterocycles. The molecule has 0 spiro atoms. The molecule has 2 aromatic rings. The molecule has 2 aromatic carbocycles. The normalized spacial score (nSPS) is 15.0. The van der Waals surface area contributed by atoms with Gasteiger partial charge in [0.05, 0.1) is 51.4 Å². The summed E-state index contributed by atoms with van der Waals surface area (Å²) in [5.41, 5.74) is 2.43. The number of halogens is 2. The van der Waals surface area contributed by atoms with Gasteiger partial charge in [0.2, 0.25) is 0 Å². The van der Waals surface area contributed by atoms with Gasteiger partial charge in [0.25, 0.3) is 5.69 Å². The van der Waals surface area contributed by atoms with E-state index in [-0.39, 0.29) is 23.4 Å². The number of hydrogen-bond donors (Lipinski definition) is 3. The van der Waals surface area contributed by atoms with Crippen LogP contribution in [0.25, 0.3) is 0 Å². The van der Waals surface area contributed by atoms with Gasteiger partial charge in [-0.2, -0.15) is 0 Å². The summed E-state index contributed by atoms with van der Waals surface area (Å²) in [7, 11) is 1.24. The molecule has 10 nitrogen and oxygen atoms in total. The zero-order valence-corrected chi connectivity index (χ0v) is 24.0. The molecule has 0 aliphatic carbocycles. The van der Waals surface area contributed by atoms with Gasteiger partial charge in [0.1, 0.15) is 0 Å². The zero-order chi connectivity index (χ0) is 29.2. The number of nitro groups is 1. The number of hydrogen-bond acceptors (Lipinski definition) is 9. The number of nitrogens with one attached hydrogen (secondary N) is 3. The van der Waals surface area contributed by atoms with Crippen LogP contribution in [0, 0.1) is 10.1 Å². The Hall–Kier alpha value is -3.60. The van der Waals surface area contributed by atoms with Crippen LogP contribution >= 0.6 is 23.2 Å². The van der Waals surface area contributed by atoms with Crippen LogP contribution in [0.2, 0.25) is 10.0 Å². The van der Waals surface area contributed by atoms with Crippen LogP contribution in [0.4, 0.5) is 11.4 Å². The molecule has 0 saturated carbocycles. The lowest BCUT2D eigenvalue weighted by molar-refractivity contribution is -0.384. The van der Waals surface area contributed by atoms with Crippen LogP contribution in [0.15, 0.2) is 65.0 Å². The minimum absolute atomic E-state index is 0.151. The number of carbonyl (C=O) groups excluding carboxylic acids is 2. The van der Waals surface area contributed by atoms with Gasteiger partial charge in [-0.25, -0.2) is 9.59 Å². The Labute approximate surface area is 242 Å². The fraction of sp³-hybridized carbons (Fsp3) is 0.357. The lowest BCUT2D eigenvalue weighted by Crippen LogP contribution is -2.32. The van der Waals surface area contributed by atoms with Crippen molar-refractivity contribution in [1.29, 1.82) is 0 Å². The first kappa shape index (κ1) is 30.9. The summed E-state index contributed by atoms with van der Waals surface area (Å²) in [5, 5.41) is 22.0. The van der Waals surface area contributed by atoms with E-state index in [0.29, 0.717) is 46.5 Å². The van der Waals surface area contributed by atoms with Crippen molar-refractivity contribution >= 4 is 46.5 Å². The van der Waals surface area contributed by atoms with E-state index in [1.807, 2.05) is 12.1 Å². The highest BCUT2D eigenvalue weighted by Crippen LogP contribution is 2.40. The molecule has 0 amide bonds. The van der Waals surface area contributed by atoms with Crippen LogP contribution in [0.1, 0.15) is 38.2 Å². The molecule has 3 N–H and O–H groups in total. The molecule has 1 atom stereocenters. The summed E-state index contributed by atoms with van der Waals surface area (Å²) in [5.74, 6) is -2.13. The van der Waals surface area contributed by atoms with E-state index in [9.17, 15) is 19.7 Å². The van der Waals surface area contributed by atoms with E-state index in [1.165, 1.54) is 25.3 Å². The number of esters is 2.